The number of thiazole rings is 1. The molecule has 1 aliphatic carbocycles. The highest BCUT2D eigenvalue weighted by atomic mass is 35.5. The maximum absolute atomic E-state index is 12.9. The van der Waals surface area contributed by atoms with Crippen molar-refractivity contribution in [3.8, 4) is 0 Å². The summed E-state index contributed by atoms with van der Waals surface area (Å²) in [5.41, 5.74) is 2.25. The minimum atomic E-state index is -0.180. The lowest BCUT2D eigenvalue weighted by atomic mass is 9.90. The average molecular weight is 539 g/mol. The molecule has 3 N–H and O–H groups in total. The molecule has 5 rings (SSSR count). The van der Waals surface area contributed by atoms with Gasteiger partial charge in [-0.2, -0.15) is 0 Å². The molecule has 3 heterocycles. The van der Waals surface area contributed by atoms with Crippen molar-refractivity contribution >= 4 is 58.1 Å². The van der Waals surface area contributed by atoms with E-state index in [1.807, 2.05) is 17.5 Å². The predicted octanol–water partition coefficient (Wildman–Crippen LogP) is 4.00. The third kappa shape index (κ3) is 6.34. The van der Waals surface area contributed by atoms with Gasteiger partial charge in [0.25, 0.3) is 11.8 Å². The molecule has 3 aromatic rings. The van der Waals surface area contributed by atoms with Crippen molar-refractivity contribution in [1.82, 2.24) is 25.5 Å². The first-order chi connectivity index (χ1) is 16.5. The summed E-state index contributed by atoms with van der Waals surface area (Å²) in [6.07, 6.45) is 3.68. The second kappa shape index (κ2) is 11.7. The zero-order chi connectivity index (χ0) is 23.5. The lowest BCUT2D eigenvalue weighted by molar-refractivity contribution is 0.0337. The zero-order valence-corrected chi connectivity index (χ0v) is 21.6. The summed E-state index contributed by atoms with van der Waals surface area (Å²) < 4.78 is 5.39. The first-order valence-corrected chi connectivity index (χ1v) is 13.0. The molecule has 0 bridgehead atoms. The highest BCUT2D eigenvalue weighted by molar-refractivity contribution is 7.11. The minimum Gasteiger partial charge on any atom is -0.379 e. The van der Waals surface area contributed by atoms with Gasteiger partial charge >= 0.3 is 0 Å². The van der Waals surface area contributed by atoms with Crippen LogP contribution in [0.2, 0.25) is 5.02 Å². The SMILES string of the molecule is Cl.O=C(N[C@@H]1CCCC[C@@H]1NC(=O)c1nc(CN2CCOCC2)cs1)c1cc2cc(Cl)ccc2[nH]1. The van der Waals surface area contributed by atoms with Crippen LogP contribution in [0.25, 0.3) is 10.9 Å². The van der Waals surface area contributed by atoms with Crippen molar-refractivity contribution in [2.45, 2.75) is 44.3 Å². The molecule has 2 amide bonds. The monoisotopic (exact) mass is 537 g/mol. The summed E-state index contributed by atoms with van der Waals surface area (Å²) in [5, 5.41) is 10.2. The molecule has 8 nitrogen and oxygen atoms in total. The summed E-state index contributed by atoms with van der Waals surface area (Å²) in [4.78, 5) is 35.9. The number of nitrogens with zero attached hydrogens (tertiary/aromatic N) is 2. The largest absolute Gasteiger partial charge is 0.379 e. The Labute approximate surface area is 219 Å². The number of fused-ring (bicyclic) bond motifs is 1. The maximum atomic E-state index is 12.9. The third-order valence-electron chi connectivity index (χ3n) is 6.46. The van der Waals surface area contributed by atoms with Gasteiger partial charge in [0, 0.05) is 53.0 Å². The van der Waals surface area contributed by atoms with E-state index in [0.29, 0.717) is 15.7 Å². The van der Waals surface area contributed by atoms with Gasteiger partial charge in [0.2, 0.25) is 0 Å². The second-order valence-corrected chi connectivity index (χ2v) is 10.2. The van der Waals surface area contributed by atoms with Crippen LogP contribution in [-0.4, -0.2) is 65.1 Å². The van der Waals surface area contributed by atoms with E-state index in [1.165, 1.54) is 11.3 Å². The number of halogens is 2. The van der Waals surface area contributed by atoms with E-state index in [1.54, 1.807) is 12.1 Å². The van der Waals surface area contributed by atoms with Gasteiger partial charge in [-0.05, 0) is 37.1 Å². The summed E-state index contributed by atoms with van der Waals surface area (Å²) >= 11 is 7.43. The Balaban J connectivity index is 0.00000289. The zero-order valence-electron chi connectivity index (χ0n) is 19.2. The minimum absolute atomic E-state index is 0. The summed E-state index contributed by atoms with van der Waals surface area (Å²) in [7, 11) is 0. The van der Waals surface area contributed by atoms with E-state index in [0.717, 1.165) is 75.1 Å². The molecular weight excluding hydrogens is 509 g/mol. The first-order valence-electron chi connectivity index (χ1n) is 11.7. The topological polar surface area (TPSA) is 99.3 Å². The number of carbonyl (C=O) groups is 2. The summed E-state index contributed by atoms with van der Waals surface area (Å²) in [5.74, 6) is -0.356. The lowest BCUT2D eigenvalue weighted by Gasteiger charge is -2.32. The van der Waals surface area contributed by atoms with Gasteiger partial charge < -0.3 is 20.4 Å². The van der Waals surface area contributed by atoms with Gasteiger partial charge in [-0.15, -0.1) is 23.7 Å². The number of morpholine rings is 1. The molecule has 1 saturated heterocycles. The fourth-order valence-electron chi connectivity index (χ4n) is 4.65. The predicted molar refractivity (Wildman–Crippen MR) is 140 cm³/mol. The van der Waals surface area contributed by atoms with E-state index < -0.39 is 0 Å². The highest BCUT2D eigenvalue weighted by Crippen LogP contribution is 2.23. The highest BCUT2D eigenvalue weighted by Gasteiger charge is 2.29. The van der Waals surface area contributed by atoms with Crippen LogP contribution >= 0.6 is 35.3 Å². The van der Waals surface area contributed by atoms with E-state index in [4.69, 9.17) is 16.3 Å². The van der Waals surface area contributed by atoms with Gasteiger partial charge in [0.15, 0.2) is 5.01 Å². The number of ether oxygens (including phenoxy) is 1. The smallest absolute Gasteiger partial charge is 0.280 e. The fraction of sp³-hybridized carbons (Fsp3) is 0.458. The van der Waals surface area contributed by atoms with Crippen molar-refractivity contribution in [3.63, 3.8) is 0 Å². The summed E-state index contributed by atoms with van der Waals surface area (Å²) in [6.45, 7) is 3.96. The maximum Gasteiger partial charge on any atom is 0.280 e. The molecular formula is C24H29Cl2N5O3S. The fourth-order valence-corrected chi connectivity index (χ4v) is 5.54. The standard InChI is InChI=1S/C24H28ClN5O3S.ClH/c25-16-5-6-18-15(11-16)12-21(27-18)22(31)28-19-3-1-2-4-20(19)29-23(32)24-26-17(14-34-24)13-30-7-9-33-10-8-30;/h5-6,11-12,14,19-20,27H,1-4,7-10,13H2,(H,28,31)(H,29,32);1H/t19-,20+;/m1./s1. The molecule has 1 saturated carbocycles. The number of amides is 2. The van der Waals surface area contributed by atoms with E-state index in [-0.39, 0.29) is 36.3 Å². The number of benzene rings is 1. The van der Waals surface area contributed by atoms with Gasteiger partial charge in [-0.1, -0.05) is 24.4 Å². The average Bonchev–Trinajstić information content (AvgIpc) is 3.48. The van der Waals surface area contributed by atoms with Crippen molar-refractivity contribution in [3.05, 3.63) is 51.1 Å². The number of nitrogens with one attached hydrogen (secondary N) is 3. The van der Waals surface area contributed by atoms with E-state index in [9.17, 15) is 9.59 Å². The molecule has 0 spiro atoms. The van der Waals surface area contributed by atoms with Crippen molar-refractivity contribution in [2.75, 3.05) is 26.3 Å². The number of hydrogen-bond acceptors (Lipinski definition) is 6. The third-order valence-corrected chi connectivity index (χ3v) is 7.59. The van der Waals surface area contributed by atoms with Crippen LogP contribution in [0.4, 0.5) is 0 Å². The summed E-state index contributed by atoms with van der Waals surface area (Å²) in [6, 6.07) is 7.02. The van der Waals surface area contributed by atoms with Gasteiger partial charge in [0.05, 0.1) is 18.9 Å². The molecule has 2 aromatic heterocycles. The number of H-pyrrole nitrogens is 1. The Bertz CT molecular complexity index is 1180. The number of carbonyl (C=O) groups excluding carboxylic acids is 2. The van der Waals surface area contributed by atoms with Crippen LogP contribution in [0.15, 0.2) is 29.6 Å². The molecule has 0 unspecified atom stereocenters. The van der Waals surface area contributed by atoms with Gasteiger partial charge in [0.1, 0.15) is 5.69 Å². The Hall–Kier alpha value is -2.17. The van der Waals surface area contributed by atoms with Crippen molar-refractivity contribution in [2.24, 2.45) is 0 Å². The molecule has 1 aliphatic heterocycles. The van der Waals surface area contributed by atoms with E-state index >= 15 is 0 Å². The van der Waals surface area contributed by atoms with Crippen LogP contribution < -0.4 is 10.6 Å². The number of aromatic amines is 1. The molecule has 0 radical (unpaired) electrons. The van der Waals surface area contributed by atoms with Crippen molar-refractivity contribution in [1.29, 1.82) is 0 Å². The Morgan fingerprint density at radius 2 is 1.83 bits per heavy atom. The number of hydrogen-bond donors (Lipinski definition) is 3. The van der Waals surface area contributed by atoms with Gasteiger partial charge in [-0.3, -0.25) is 14.5 Å². The molecule has 11 heteroatoms. The molecule has 2 fully saturated rings. The van der Waals surface area contributed by atoms with Crippen LogP contribution in [0.1, 0.15) is 51.7 Å². The van der Waals surface area contributed by atoms with Gasteiger partial charge in [-0.25, -0.2) is 4.98 Å². The number of aromatic nitrogens is 2. The Kier molecular flexibility index (Phi) is 8.67. The molecule has 1 aromatic carbocycles. The van der Waals surface area contributed by atoms with Crippen LogP contribution in [0.3, 0.4) is 0 Å². The van der Waals surface area contributed by atoms with Crippen LogP contribution in [-0.2, 0) is 11.3 Å². The molecule has 2 atom stereocenters. The first kappa shape index (κ1) is 25.9. The Morgan fingerprint density at radius 1 is 1.11 bits per heavy atom. The quantitative estimate of drug-likeness (QED) is 0.441. The molecule has 2 aliphatic rings. The lowest BCUT2D eigenvalue weighted by Crippen LogP contribution is -2.53. The van der Waals surface area contributed by atoms with Crippen LogP contribution in [0.5, 0.6) is 0 Å². The van der Waals surface area contributed by atoms with Crippen LogP contribution in [0, 0.1) is 0 Å². The molecule has 35 heavy (non-hydrogen) atoms. The second-order valence-electron chi connectivity index (χ2n) is 8.89. The number of rotatable bonds is 6. The molecule has 188 valence electrons. The Morgan fingerprint density at radius 3 is 2.57 bits per heavy atom. The van der Waals surface area contributed by atoms with E-state index in [2.05, 4.69) is 25.5 Å². The van der Waals surface area contributed by atoms with Crippen molar-refractivity contribution < 1.29 is 14.3 Å². The normalized spacial score (nSPS) is 20.8.